The molecule has 0 fully saturated rings. The Balaban J connectivity index is 1.34. The summed E-state index contributed by atoms with van der Waals surface area (Å²) in [5.74, 6) is 1.58. The van der Waals surface area contributed by atoms with Crippen molar-refractivity contribution in [2.24, 2.45) is 4.99 Å². The first-order valence-electron chi connectivity index (χ1n) is 9.79. The molecule has 0 bridgehead atoms. The Morgan fingerprint density at radius 1 is 1.07 bits per heavy atom. The van der Waals surface area contributed by atoms with E-state index in [1.807, 2.05) is 60.7 Å². The summed E-state index contributed by atoms with van der Waals surface area (Å²) in [7, 11) is 0. The second-order valence-corrected chi connectivity index (χ2v) is 7.62. The van der Waals surface area contributed by atoms with Gasteiger partial charge in [0.2, 0.25) is 0 Å². The molecule has 2 aromatic heterocycles. The van der Waals surface area contributed by atoms with Crippen LogP contribution in [0, 0.1) is 0 Å². The van der Waals surface area contributed by atoms with Crippen molar-refractivity contribution in [3.8, 4) is 5.75 Å². The number of aromatic amines is 1. The Kier molecular flexibility index (Phi) is 6.32. The normalized spacial score (nSPS) is 11.5. The standard InChI is InChI=1S/C23H23N3O2S/c1-2-3-6-15-27-18-11-9-17(10-12-18)24-16-19-13-14-22(28-19)29-23-25-20-7-4-5-8-21(20)26-23/h4-5,7-14,16H,2-3,6,15H2,1H3,(H,25,26). The lowest BCUT2D eigenvalue weighted by Gasteiger charge is -2.05. The molecular formula is C23H23N3O2S. The summed E-state index contributed by atoms with van der Waals surface area (Å²) in [6, 6.07) is 19.6. The summed E-state index contributed by atoms with van der Waals surface area (Å²) in [6.45, 7) is 2.95. The average Bonchev–Trinajstić information content (AvgIpc) is 3.37. The van der Waals surface area contributed by atoms with Crippen LogP contribution >= 0.6 is 11.8 Å². The van der Waals surface area contributed by atoms with E-state index in [1.165, 1.54) is 24.6 Å². The molecule has 4 aromatic rings. The Morgan fingerprint density at radius 3 is 2.76 bits per heavy atom. The maximum Gasteiger partial charge on any atom is 0.174 e. The van der Waals surface area contributed by atoms with Crippen LogP contribution in [0.5, 0.6) is 5.75 Å². The van der Waals surface area contributed by atoms with E-state index < -0.39 is 0 Å². The van der Waals surface area contributed by atoms with Crippen molar-refractivity contribution in [2.45, 2.75) is 36.4 Å². The van der Waals surface area contributed by atoms with Crippen molar-refractivity contribution < 1.29 is 9.15 Å². The van der Waals surface area contributed by atoms with Crippen LogP contribution in [0.25, 0.3) is 11.0 Å². The summed E-state index contributed by atoms with van der Waals surface area (Å²) in [4.78, 5) is 12.3. The van der Waals surface area contributed by atoms with Crippen molar-refractivity contribution in [1.82, 2.24) is 9.97 Å². The number of aliphatic imine (C=N–C) groups is 1. The highest BCUT2D eigenvalue weighted by atomic mass is 32.2. The molecule has 0 aliphatic heterocycles. The molecule has 0 aliphatic rings. The number of fused-ring (bicyclic) bond motifs is 1. The fourth-order valence-electron chi connectivity index (χ4n) is 2.84. The molecule has 2 aromatic carbocycles. The summed E-state index contributed by atoms with van der Waals surface area (Å²) in [6.07, 6.45) is 5.20. The second kappa shape index (κ2) is 9.47. The maximum atomic E-state index is 5.83. The van der Waals surface area contributed by atoms with Crippen molar-refractivity contribution in [3.63, 3.8) is 0 Å². The Labute approximate surface area is 174 Å². The van der Waals surface area contributed by atoms with Gasteiger partial charge in [0.1, 0.15) is 11.5 Å². The molecule has 0 aliphatic carbocycles. The molecule has 0 saturated heterocycles. The molecule has 1 N–H and O–H groups in total. The van der Waals surface area contributed by atoms with Crippen LogP contribution in [-0.4, -0.2) is 22.8 Å². The van der Waals surface area contributed by atoms with Gasteiger partial charge in [0.05, 0.1) is 29.5 Å². The first-order valence-corrected chi connectivity index (χ1v) is 10.6. The van der Waals surface area contributed by atoms with Gasteiger partial charge in [-0.1, -0.05) is 31.9 Å². The van der Waals surface area contributed by atoms with Crippen LogP contribution in [0.2, 0.25) is 0 Å². The molecule has 0 atom stereocenters. The van der Waals surface area contributed by atoms with E-state index in [0.29, 0.717) is 5.76 Å². The number of nitrogens with zero attached hydrogens (tertiary/aromatic N) is 2. The zero-order valence-electron chi connectivity index (χ0n) is 16.3. The minimum Gasteiger partial charge on any atom is -0.494 e. The van der Waals surface area contributed by atoms with Gasteiger partial charge in [0.25, 0.3) is 0 Å². The number of para-hydroxylation sites is 2. The number of imidazole rings is 1. The smallest absolute Gasteiger partial charge is 0.174 e. The lowest BCUT2D eigenvalue weighted by Crippen LogP contribution is -1.96. The summed E-state index contributed by atoms with van der Waals surface area (Å²) in [5.41, 5.74) is 2.82. The maximum absolute atomic E-state index is 5.83. The summed E-state index contributed by atoms with van der Waals surface area (Å²) >= 11 is 1.46. The number of rotatable bonds is 9. The van der Waals surface area contributed by atoms with E-state index in [1.54, 1.807) is 6.21 Å². The topological polar surface area (TPSA) is 63.4 Å². The quantitative estimate of drug-likeness (QED) is 0.251. The van der Waals surface area contributed by atoms with Gasteiger partial charge in [-0.25, -0.2) is 4.98 Å². The highest BCUT2D eigenvalue weighted by molar-refractivity contribution is 7.99. The molecule has 5 nitrogen and oxygen atoms in total. The highest BCUT2D eigenvalue weighted by Gasteiger charge is 2.07. The van der Waals surface area contributed by atoms with Gasteiger partial charge in [0.15, 0.2) is 10.2 Å². The zero-order chi connectivity index (χ0) is 19.9. The second-order valence-electron chi connectivity index (χ2n) is 6.63. The van der Waals surface area contributed by atoms with E-state index in [2.05, 4.69) is 21.9 Å². The molecule has 0 unspecified atom stereocenters. The number of aromatic nitrogens is 2. The largest absolute Gasteiger partial charge is 0.494 e. The number of hydrogen-bond acceptors (Lipinski definition) is 5. The van der Waals surface area contributed by atoms with Crippen LogP contribution in [0.4, 0.5) is 5.69 Å². The molecule has 148 valence electrons. The molecular weight excluding hydrogens is 382 g/mol. The Bertz CT molecular complexity index is 1050. The van der Waals surface area contributed by atoms with Gasteiger partial charge in [-0.3, -0.25) is 4.99 Å². The summed E-state index contributed by atoms with van der Waals surface area (Å²) in [5, 5.41) is 1.57. The number of H-pyrrole nitrogens is 1. The fraction of sp³-hybridized carbons (Fsp3) is 0.217. The molecule has 0 saturated carbocycles. The van der Waals surface area contributed by atoms with Crippen molar-refractivity contribution in [2.75, 3.05) is 6.61 Å². The molecule has 2 heterocycles. The van der Waals surface area contributed by atoms with E-state index >= 15 is 0 Å². The monoisotopic (exact) mass is 405 g/mol. The van der Waals surface area contributed by atoms with Gasteiger partial charge < -0.3 is 14.1 Å². The van der Waals surface area contributed by atoms with Crippen LogP contribution in [-0.2, 0) is 0 Å². The van der Waals surface area contributed by atoms with Gasteiger partial charge >= 0.3 is 0 Å². The Morgan fingerprint density at radius 2 is 1.93 bits per heavy atom. The van der Waals surface area contributed by atoms with Crippen LogP contribution in [0.15, 0.2) is 80.3 Å². The lowest BCUT2D eigenvalue weighted by molar-refractivity contribution is 0.306. The number of unbranched alkanes of at least 4 members (excludes halogenated alkanes) is 2. The zero-order valence-corrected chi connectivity index (χ0v) is 17.1. The molecule has 4 rings (SSSR count). The van der Waals surface area contributed by atoms with Crippen LogP contribution in [0.1, 0.15) is 31.9 Å². The van der Waals surface area contributed by atoms with Gasteiger partial charge in [0, 0.05) is 0 Å². The molecule has 0 radical (unpaired) electrons. The van der Waals surface area contributed by atoms with Crippen molar-refractivity contribution in [1.29, 1.82) is 0 Å². The molecule has 0 spiro atoms. The summed E-state index contributed by atoms with van der Waals surface area (Å²) < 4.78 is 11.6. The first-order chi connectivity index (χ1) is 14.3. The third-order valence-corrected chi connectivity index (χ3v) is 5.17. The van der Waals surface area contributed by atoms with Crippen LogP contribution < -0.4 is 4.74 Å². The van der Waals surface area contributed by atoms with Crippen molar-refractivity contribution >= 4 is 34.7 Å². The number of nitrogens with one attached hydrogen (secondary N) is 1. The van der Waals surface area contributed by atoms with Gasteiger partial charge in [-0.2, -0.15) is 0 Å². The van der Waals surface area contributed by atoms with Gasteiger partial charge in [-0.05, 0) is 66.7 Å². The minimum absolute atomic E-state index is 0.698. The highest BCUT2D eigenvalue weighted by Crippen LogP contribution is 2.28. The van der Waals surface area contributed by atoms with Crippen molar-refractivity contribution in [3.05, 3.63) is 66.4 Å². The Hall–Kier alpha value is -2.99. The fourth-order valence-corrected chi connectivity index (χ4v) is 3.61. The molecule has 29 heavy (non-hydrogen) atoms. The number of furan rings is 1. The molecule has 6 heteroatoms. The third-order valence-electron chi connectivity index (χ3n) is 4.36. The lowest BCUT2D eigenvalue weighted by atomic mass is 10.2. The van der Waals surface area contributed by atoms with E-state index in [9.17, 15) is 0 Å². The predicted molar refractivity (Wildman–Crippen MR) is 118 cm³/mol. The van der Waals surface area contributed by atoms with E-state index in [0.717, 1.165) is 45.7 Å². The number of hydrogen-bond donors (Lipinski definition) is 1. The third kappa shape index (κ3) is 5.29. The van der Waals surface area contributed by atoms with Gasteiger partial charge in [-0.15, -0.1) is 0 Å². The average molecular weight is 406 g/mol. The van der Waals surface area contributed by atoms with E-state index in [-0.39, 0.29) is 0 Å². The number of benzene rings is 2. The predicted octanol–water partition coefficient (Wildman–Crippen LogP) is 6.63. The van der Waals surface area contributed by atoms with E-state index in [4.69, 9.17) is 9.15 Å². The van der Waals surface area contributed by atoms with Crippen LogP contribution in [0.3, 0.4) is 0 Å². The first kappa shape index (κ1) is 19.3. The SMILES string of the molecule is CCCCCOc1ccc(N=Cc2ccc(Sc3nc4ccccc4[nH]3)o2)cc1. The number of ether oxygens (including phenoxy) is 1. The minimum atomic E-state index is 0.698. The molecule has 0 amide bonds.